The highest BCUT2D eigenvalue weighted by atomic mass is 16.2. The zero-order valence-electron chi connectivity index (χ0n) is 14.8. The van der Waals surface area contributed by atoms with Gasteiger partial charge in [0, 0.05) is 0 Å². The average molecular weight is 363 g/mol. The molecule has 8 heteroatoms. The van der Waals surface area contributed by atoms with Crippen molar-refractivity contribution in [1.82, 2.24) is 25.2 Å². The normalized spacial score (nSPS) is 19.6. The summed E-state index contributed by atoms with van der Waals surface area (Å²) in [5.41, 5.74) is 0.573. The second kappa shape index (κ2) is 6.01. The number of amides is 3. The van der Waals surface area contributed by atoms with Gasteiger partial charge in [0.25, 0.3) is 11.5 Å². The minimum atomic E-state index is -1.20. The van der Waals surface area contributed by atoms with Crippen molar-refractivity contribution >= 4 is 22.8 Å². The van der Waals surface area contributed by atoms with Crippen LogP contribution in [0, 0.1) is 6.92 Å². The number of nitrogens with zero attached hydrogens (tertiary/aromatic N) is 4. The smallest absolute Gasteiger partial charge is 0.319 e. The van der Waals surface area contributed by atoms with Gasteiger partial charge < -0.3 is 5.32 Å². The van der Waals surface area contributed by atoms with E-state index in [1.807, 2.05) is 19.1 Å². The van der Waals surface area contributed by atoms with Crippen molar-refractivity contribution in [3.8, 4) is 0 Å². The van der Waals surface area contributed by atoms with Gasteiger partial charge in [-0.05, 0) is 31.5 Å². The van der Waals surface area contributed by atoms with Crippen molar-refractivity contribution in [3.63, 3.8) is 0 Å². The van der Waals surface area contributed by atoms with Gasteiger partial charge in [-0.3, -0.25) is 9.59 Å². The lowest BCUT2D eigenvalue weighted by Gasteiger charge is -2.22. The van der Waals surface area contributed by atoms with Crippen LogP contribution in [0.15, 0.2) is 53.3 Å². The number of rotatable bonds is 3. The van der Waals surface area contributed by atoms with Gasteiger partial charge in [0.15, 0.2) is 0 Å². The Morgan fingerprint density at radius 3 is 2.48 bits per heavy atom. The quantitative estimate of drug-likeness (QED) is 0.712. The summed E-state index contributed by atoms with van der Waals surface area (Å²) in [5, 5.41) is 10.9. The SMILES string of the molecule is Cc1ccc(C2(C)NC(=O)N(Cn3nnc4ccccc4c3=O)C2=O)cc1. The van der Waals surface area contributed by atoms with Crippen LogP contribution in [-0.2, 0) is 17.0 Å². The fourth-order valence-corrected chi connectivity index (χ4v) is 3.16. The van der Waals surface area contributed by atoms with Gasteiger partial charge in [0.05, 0.1) is 5.39 Å². The summed E-state index contributed by atoms with van der Waals surface area (Å²) in [4.78, 5) is 39.0. The zero-order chi connectivity index (χ0) is 19.2. The summed E-state index contributed by atoms with van der Waals surface area (Å²) in [7, 11) is 0. The lowest BCUT2D eigenvalue weighted by molar-refractivity contribution is -0.132. The molecule has 0 bridgehead atoms. The molecule has 3 aromatic rings. The number of carbonyl (C=O) groups excluding carboxylic acids is 2. The molecule has 1 saturated heterocycles. The Bertz CT molecular complexity index is 1120. The van der Waals surface area contributed by atoms with E-state index in [-0.39, 0.29) is 6.67 Å². The number of nitrogens with one attached hydrogen (secondary N) is 1. The van der Waals surface area contributed by atoms with Crippen LogP contribution >= 0.6 is 0 Å². The van der Waals surface area contributed by atoms with Crippen molar-refractivity contribution in [2.75, 3.05) is 0 Å². The van der Waals surface area contributed by atoms with E-state index >= 15 is 0 Å². The van der Waals surface area contributed by atoms with Crippen molar-refractivity contribution in [1.29, 1.82) is 0 Å². The number of imide groups is 1. The molecule has 3 amide bonds. The molecule has 1 aromatic heterocycles. The zero-order valence-corrected chi connectivity index (χ0v) is 14.8. The lowest BCUT2D eigenvalue weighted by Crippen LogP contribution is -2.42. The maximum atomic E-state index is 13.0. The van der Waals surface area contributed by atoms with Crippen LogP contribution in [-0.4, -0.2) is 31.8 Å². The molecule has 1 fully saturated rings. The second-order valence-corrected chi connectivity index (χ2v) is 6.71. The predicted octanol–water partition coefficient (Wildman–Crippen LogP) is 1.52. The first-order valence-corrected chi connectivity index (χ1v) is 8.44. The van der Waals surface area contributed by atoms with E-state index in [9.17, 15) is 14.4 Å². The van der Waals surface area contributed by atoms with Crippen LogP contribution in [0.1, 0.15) is 18.1 Å². The molecule has 4 rings (SSSR count). The van der Waals surface area contributed by atoms with Crippen molar-refractivity contribution in [2.45, 2.75) is 26.1 Å². The first-order chi connectivity index (χ1) is 12.9. The molecule has 27 heavy (non-hydrogen) atoms. The number of urea groups is 1. The molecule has 1 atom stereocenters. The maximum Gasteiger partial charge on any atom is 0.326 e. The predicted molar refractivity (Wildman–Crippen MR) is 97.7 cm³/mol. The molecule has 1 aliphatic heterocycles. The van der Waals surface area contributed by atoms with Crippen LogP contribution in [0.2, 0.25) is 0 Å². The Morgan fingerprint density at radius 1 is 1.04 bits per heavy atom. The van der Waals surface area contributed by atoms with E-state index in [2.05, 4.69) is 15.6 Å². The van der Waals surface area contributed by atoms with E-state index in [0.717, 1.165) is 15.1 Å². The summed E-state index contributed by atoms with van der Waals surface area (Å²) in [6, 6.07) is 13.6. The third-order valence-electron chi connectivity index (χ3n) is 4.81. The Hall–Kier alpha value is -3.55. The highest BCUT2D eigenvalue weighted by Gasteiger charge is 2.49. The maximum absolute atomic E-state index is 13.0. The molecule has 2 aromatic carbocycles. The summed E-state index contributed by atoms with van der Waals surface area (Å²) in [6.07, 6.45) is 0. The molecular formula is C19H17N5O3. The monoisotopic (exact) mass is 363 g/mol. The standard InChI is InChI=1S/C19H17N5O3/c1-12-7-9-13(10-8-12)19(2)17(26)23(18(27)20-19)11-24-16(25)14-5-3-4-6-15(14)21-22-24/h3-10H,11H2,1-2H3,(H,20,27). The van der Waals surface area contributed by atoms with Crippen LogP contribution in [0.25, 0.3) is 10.9 Å². The lowest BCUT2D eigenvalue weighted by atomic mass is 9.91. The Morgan fingerprint density at radius 2 is 1.74 bits per heavy atom. The summed E-state index contributed by atoms with van der Waals surface area (Å²) in [6.45, 7) is 3.29. The molecule has 1 aliphatic rings. The van der Waals surface area contributed by atoms with Crippen LogP contribution in [0.5, 0.6) is 0 Å². The number of fused-ring (bicyclic) bond motifs is 1. The van der Waals surface area contributed by atoms with Gasteiger partial charge in [-0.15, -0.1) is 5.10 Å². The highest BCUT2D eigenvalue weighted by Crippen LogP contribution is 2.29. The molecule has 0 aliphatic carbocycles. The van der Waals surface area contributed by atoms with Gasteiger partial charge in [0.2, 0.25) is 0 Å². The molecule has 136 valence electrons. The molecule has 1 N–H and O–H groups in total. The molecule has 2 heterocycles. The first kappa shape index (κ1) is 16.9. The summed E-state index contributed by atoms with van der Waals surface area (Å²) < 4.78 is 1.01. The van der Waals surface area contributed by atoms with E-state index < -0.39 is 23.0 Å². The molecule has 8 nitrogen and oxygen atoms in total. The summed E-state index contributed by atoms with van der Waals surface area (Å²) in [5.74, 6) is -0.446. The van der Waals surface area contributed by atoms with E-state index in [1.165, 1.54) is 0 Å². The third kappa shape index (κ3) is 2.66. The average Bonchev–Trinajstić information content (AvgIpc) is 2.88. The molecule has 0 saturated carbocycles. The minimum Gasteiger partial charge on any atom is -0.319 e. The van der Waals surface area contributed by atoms with Gasteiger partial charge >= 0.3 is 6.03 Å². The first-order valence-electron chi connectivity index (χ1n) is 8.44. The van der Waals surface area contributed by atoms with Gasteiger partial charge in [-0.25, -0.2) is 9.69 Å². The third-order valence-corrected chi connectivity index (χ3v) is 4.81. The fraction of sp³-hybridized carbons (Fsp3) is 0.211. The van der Waals surface area contributed by atoms with Crippen LogP contribution in [0.4, 0.5) is 4.79 Å². The van der Waals surface area contributed by atoms with Crippen molar-refractivity contribution in [3.05, 3.63) is 70.0 Å². The number of hydrogen-bond acceptors (Lipinski definition) is 5. The van der Waals surface area contributed by atoms with Gasteiger partial charge in [0.1, 0.15) is 17.7 Å². The van der Waals surface area contributed by atoms with E-state index in [1.54, 1.807) is 43.3 Å². The molecule has 1 unspecified atom stereocenters. The number of benzene rings is 2. The largest absolute Gasteiger partial charge is 0.326 e. The number of hydrogen-bond donors (Lipinski definition) is 1. The van der Waals surface area contributed by atoms with E-state index in [0.29, 0.717) is 16.5 Å². The topological polar surface area (TPSA) is 97.2 Å². The van der Waals surface area contributed by atoms with Crippen LogP contribution < -0.4 is 10.9 Å². The van der Waals surface area contributed by atoms with Gasteiger partial charge in [-0.2, -0.15) is 4.68 Å². The van der Waals surface area contributed by atoms with Crippen LogP contribution in [0.3, 0.4) is 0 Å². The van der Waals surface area contributed by atoms with Crippen molar-refractivity contribution < 1.29 is 9.59 Å². The van der Waals surface area contributed by atoms with Crippen molar-refractivity contribution in [2.24, 2.45) is 0 Å². The Kier molecular flexibility index (Phi) is 3.76. The number of carbonyl (C=O) groups is 2. The molecular weight excluding hydrogens is 346 g/mol. The van der Waals surface area contributed by atoms with Gasteiger partial charge in [-0.1, -0.05) is 47.2 Å². The second-order valence-electron chi connectivity index (χ2n) is 6.71. The summed E-state index contributed by atoms with van der Waals surface area (Å²) >= 11 is 0. The number of aromatic nitrogens is 3. The number of aryl methyl sites for hydroxylation is 1. The highest BCUT2D eigenvalue weighted by molar-refractivity contribution is 6.06. The van der Waals surface area contributed by atoms with E-state index in [4.69, 9.17) is 0 Å². The minimum absolute atomic E-state index is 0.303. The Balaban J connectivity index is 1.68. The molecule has 0 spiro atoms. The molecule has 0 radical (unpaired) electrons. The Labute approximate surface area is 154 Å². The fourth-order valence-electron chi connectivity index (χ4n) is 3.16.